The number of aliphatic imine (C=N–C) groups is 3. The van der Waals surface area contributed by atoms with Gasteiger partial charge in [0.05, 0.1) is 47.6 Å². The van der Waals surface area contributed by atoms with Crippen LogP contribution in [0.2, 0.25) is 0 Å². The van der Waals surface area contributed by atoms with E-state index in [4.69, 9.17) is 24.5 Å². The maximum Gasteiger partial charge on any atom is 0.321 e. The van der Waals surface area contributed by atoms with E-state index in [2.05, 4.69) is 53.4 Å². The zero-order valence-corrected chi connectivity index (χ0v) is 40.7. The number of fused-ring (bicyclic) bond motifs is 5. The summed E-state index contributed by atoms with van der Waals surface area (Å²) in [5, 5.41) is 14.1. The number of nitrogens with zero attached hydrogens (tertiary/aromatic N) is 3. The first-order valence-corrected chi connectivity index (χ1v) is 24.1. The lowest BCUT2D eigenvalue weighted by atomic mass is 9.85. The van der Waals surface area contributed by atoms with E-state index >= 15 is 0 Å². The zero-order valence-electron chi connectivity index (χ0n) is 40.7. The van der Waals surface area contributed by atoms with Crippen molar-refractivity contribution in [2.24, 2.45) is 50.5 Å². The van der Waals surface area contributed by atoms with Crippen molar-refractivity contribution in [1.82, 2.24) is 5.32 Å². The number of esters is 2. The third-order valence-electron chi connectivity index (χ3n) is 14.2. The first-order valence-electron chi connectivity index (χ1n) is 24.1. The van der Waals surface area contributed by atoms with Gasteiger partial charge in [0.2, 0.25) is 0 Å². The Hall–Kier alpha value is -5.38. The highest BCUT2D eigenvalue weighted by atomic mass is 16.5. The molecule has 10 heteroatoms. The molecule has 8 bridgehead atoms. The molecule has 6 rings (SSSR count). The summed E-state index contributed by atoms with van der Waals surface area (Å²) in [6.07, 6.45) is 22.9. The minimum Gasteiger partial charge on any atom is -0.515 e. The van der Waals surface area contributed by atoms with Crippen LogP contribution in [0.3, 0.4) is 0 Å². The summed E-state index contributed by atoms with van der Waals surface area (Å²) in [5.74, 6) is -0.732. The molecule has 6 aliphatic rings. The Labute approximate surface area is 387 Å². The fourth-order valence-electron chi connectivity index (χ4n) is 10.1. The van der Waals surface area contributed by atoms with E-state index in [-0.39, 0.29) is 36.6 Å². The van der Waals surface area contributed by atoms with Gasteiger partial charge in [-0.3, -0.25) is 14.4 Å². The van der Waals surface area contributed by atoms with Crippen LogP contribution >= 0.6 is 0 Å². The summed E-state index contributed by atoms with van der Waals surface area (Å²) in [6.45, 7) is 23.7. The molecular weight excluding hydrogens is 813 g/mol. The van der Waals surface area contributed by atoms with Gasteiger partial charge in [0.1, 0.15) is 12.5 Å². The molecule has 1 saturated heterocycles. The lowest BCUT2D eigenvalue weighted by molar-refractivity contribution is -0.146. The summed E-state index contributed by atoms with van der Waals surface area (Å²) < 4.78 is 11.0. The number of rotatable bonds is 20. The second-order valence-electron chi connectivity index (χ2n) is 19.4. The minimum atomic E-state index is -1.23. The molecule has 0 aromatic carbocycles. The van der Waals surface area contributed by atoms with Gasteiger partial charge in [0.25, 0.3) is 0 Å². The average molecular weight is 885 g/mol. The van der Waals surface area contributed by atoms with Gasteiger partial charge in [-0.2, -0.15) is 0 Å². The van der Waals surface area contributed by atoms with E-state index in [0.717, 1.165) is 53.4 Å². The second kappa shape index (κ2) is 21.7. The second-order valence-corrected chi connectivity index (χ2v) is 19.4. The first kappa shape index (κ1) is 49.1. The molecule has 3 unspecified atom stereocenters. The van der Waals surface area contributed by atoms with E-state index in [1.807, 2.05) is 45.1 Å². The van der Waals surface area contributed by atoms with Crippen LogP contribution in [-0.4, -0.2) is 53.7 Å². The summed E-state index contributed by atoms with van der Waals surface area (Å²) in [5.41, 5.74) is 10.9. The number of ketones is 1. The normalized spacial score (nSPS) is 23.2. The molecule has 348 valence electrons. The van der Waals surface area contributed by atoms with E-state index in [1.165, 1.54) is 57.6 Å². The van der Waals surface area contributed by atoms with E-state index in [9.17, 15) is 19.5 Å². The lowest BCUT2D eigenvalue weighted by Crippen LogP contribution is -2.26. The Morgan fingerprint density at radius 2 is 1.60 bits per heavy atom. The van der Waals surface area contributed by atoms with Crippen molar-refractivity contribution in [1.29, 1.82) is 0 Å². The maximum absolute atomic E-state index is 14.4. The van der Waals surface area contributed by atoms with Gasteiger partial charge in [-0.1, -0.05) is 105 Å². The van der Waals surface area contributed by atoms with Crippen molar-refractivity contribution in [2.75, 3.05) is 13.7 Å². The molecule has 2 N–H and O–H groups in total. The number of ether oxygens (including phenoxy) is 2. The molecule has 5 heterocycles. The van der Waals surface area contributed by atoms with Crippen molar-refractivity contribution in [3.05, 3.63) is 116 Å². The molecule has 1 saturated carbocycles. The number of aliphatic hydroxyl groups is 1. The molecule has 10 nitrogen and oxygen atoms in total. The summed E-state index contributed by atoms with van der Waals surface area (Å²) in [7, 11) is 1.29. The molecule has 5 atom stereocenters. The van der Waals surface area contributed by atoms with Crippen LogP contribution in [0.25, 0.3) is 0 Å². The Morgan fingerprint density at radius 3 is 2.25 bits per heavy atom. The highest BCUT2D eigenvalue weighted by molar-refractivity contribution is 6.42. The van der Waals surface area contributed by atoms with Gasteiger partial charge in [-0.05, 0) is 105 Å². The molecule has 65 heavy (non-hydrogen) atoms. The number of Topliss-reactive ketones (excluding diaryl/α,β-unsaturated/α-hetero) is 1. The molecule has 0 amide bonds. The monoisotopic (exact) mass is 885 g/mol. The van der Waals surface area contributed by atoms with Gasteiger partial charge >= 0.3 is 11.9 Å². The predicted octanol–water partition coefficient (Wildman–Crippen LogP) is 12.1. The summed E-state index contributed by atoms with van der Waals surface area (Å²) >= 11 is 0. The average Bonchev–Trinajstić information content (AvgIpc) is 4.02. The lowest BCUT2D eigenvalue weighted by Gasteiger charge is -2.19. The van der Waals surface area contributed by atoms with Crippen LogP contribution in [0.1, 0.15) is 139 Å². The van der Waals surface area contributed by atoms with Crippen LogP contribution in [-0.2, 0) is 23.9 Å². The molecular formula is C55H72N4O6. The Balaban J connectivity index is 1.21. The highest BCUT2D eigenvalue weighted by Gasteiger charge is 2.52. The van der Waals surface area contributed by atoms with Crippen LogP contribution in [0.5, 0.6) is 0 Å². The van der Waals surface area contributed by atoms with Crippen molar-refractivity contribution in [3.63, 3.8) is 0 Å². The van der Waals surface area contributed by atoms with E-state index in [1.54, 1.807) is 6.08 Å². The molecule has 0 aromatic rings. The SMILES string of the molecule is C=CC1=C(C)C2=NC1=CC1=NC(=C(CC)/C1=C\O)C=C1N=C3C(=C1C)C(=O)C(C(=O)OC)C3=C1NC(=C2)[C@@H](C)[C@@H]1CCC(=O)OC/C=C(\C)CCCC(C)CCCC(C)CCCC(C)C. The third kappa shape index (κ3) is 10.8. The summed E-state index contributed by atoms with van der Waals surface area (Å²) in [4.78, 5) is 56.5. The number of carbonyl (C=O) groups is 3. The van der Waals surface area contributed by atoms with E-state index < -0.39 is 11.9 Å². The number of hydrogen-bond acceptors (Lipinski definition) is 10. The van der Waals surface area contributed by atoms with Crippen molar-refractivity contribution in [3.8, 4) is 0 Å². The Bertz CT molecular complexity index is 2350. The van der Waals surface area contributed by atoms with Crippen LogP contribution < -0.4 is 5.32 Å². The van der Waals surface area contributed by atoms with Crippen LogP contribution in [0.15, 0.2) is 131 Å². The zero-order chi connectivity index (χ0) is 47.1. The molecule has 5 aliphatic heterocycles. The quantitative estimate of drug-likeness (QED) is 0.0537. The number of aliphatic hydroxyl groups excluding tert-OH is 1. The van der Waals surface area contributed by atoms with Crippen LogP contribution in [0.4, 0.5) is 0 Å². The fourth-order valence-corrected chi connectivity index (χ4v) is 10.1. The minimum absolute atomic E-state index is 0.139. The topological polar surface area (TPSA) is 139 Å². The molecule has 0 radical (unpaired) electrons. The predicted molar refractivity (Wildman–Crippen MR) is 262 cm³/mol. The molecule has 0 spiro atoms. The van der Waals surface area contributed by atoms with E-state index in [0.29, 0.717) is 81.0 Å². The van der Waals surface area contributed by atoms with Crippen LogP contribution in [0, 0.1) is 35.5 Å². The van der Waals surface area contributed by atoms with Gasteiger partial charge in [0, 0.05) is 51.9 Å². The Kier molecular flexibility index (Phi) is 16.4. The number of carbonyl (C=O) groups excluding carboxylic acids is 3. The van der Waals surface area contributed by atoms with Gasteiger partial charge in [0.15, 0.2) is 5.78 Å². The van der Waals surface area contributed by atoms with Gasteiger partial charge in [-0.15, -0.1) is 0 Å². The standard InChI is InChI=1S/C55H72N4O6/c1-12-38-35(8)42-27-43-36(9)40(23-24-48(61)65-26-25-34(7)22-16-21-33(6)20-15-19-32(5)18-14-17-31(3)4)52(58-43)50-51(55(63)64-11)54(62)49-37(10)44(59-53(49)50)28-46-39(13-2)41(30-60)47(57-46)29-45(38)56-42/h12,25,27-33,36,40,51,58,60H,1,13-24,26H2,2-11H3/b34-25+,41-30+,43-27?,44-28?,45-29?,52-50?/t32?,33?,36-,40-,51?/m0/s1. The number of hydrogen-bond donors (Lipinski definition) is 2. The van der Waals surface area contributed by atoms with Crippen molar-refractivity contribution >= 4 is 34.9 Å². The number of nitrogens with one attached hydrogen (secondary N) is 1. The number of allylic oxidation sites excluding steroid dienone is 12. The molecule has 0 aromatic heterocycles. The Morgan fingerprint density at radius 1 is 0.908 bits per heavy atom. The highest BCUT2D eigenvalue weighted by Crippen LogP contribution is 2.47. The molecule has 2 fully saturated rings. The summed E-state index contributed by atoms with van der Waals surface area (Å²) in [6, 6.07) is 0. The van der Waals surface area contributed by atoms with Crippen molar-refractivity contribution < 1.29 is 29.0 Å². The smallest absolute Gasteiger partial charge is 0.321 e. The van der Waals surface area contributed by atoms with Gasteiger partial charge in [-0.25, -0.2) is 15.0 Å². The third-order valence-corrected chi connectivity index (χ3v) is 14.2. The molecule has 1 aliphatic carbocycles. The maximum atomic E-state index is 14.4. The first-order chi connectivity index (χ1) is 31.1. The van der Waals surface area contributed by atoms with Gasteiger partial charge < -0.3 is 19.9 Å². The largest absolute Gasteiger partial charge is 0.515 e. The van der Waals surface area contributed by atoms with Crippen molar-refractivity contribution in [2.45, 2.75) is 139 Å². The fraction of sp³-hybridized carbons (Fsp3) is 0.527. The number of methoxy groups -OCH3 is 1.